The van der Waals surface area contributed by atoms with E-state index in [4.69, 9.17) is 0 Å². The van der Waals surface area contributed by atoms with Gasteiger partial charge in [-0.25, -0.2) is 0 Å². The van der Waals surface area contributed by atoms with Gasteiger partial charge in [0.2, 0.25) is 0 Å². The van der Waals surface area contributed by atoms with Gasteiger partial charge in [0.05, 0.1) is 14.1 Å². The van der Waals surface area contributed by atoms with Crippen molar-refractivity contribution in [2.45, 2.75) is 32.1 Å². The van der Waals surface area contributed by atoms with Crippen LogP contribution in [-0.2, 0) is 4.79 Å². The fourth-order valence-corrected chi connectivity index (χ4v) is 5.33. The molecule has 0 saturated carbocycles. The minimum Gasteiger partial charge on any atom is -0.300 e. The van der Waals surface area contributed by atoms with Crippen LogP contribution in [0, 0.1) is 0 Å². The van der Waals surface area contributed by atoms with Gasteiger partial charge in [0, 0.05) is 0 Å². The maximum atomic E-state index is 11.1. The van der Waals surface area contributed by atoms with Crippen molar-refractivity contribution in [3.8, 4) is 0 Å². The second kappa shape index (κ2) is 2.72. The fraction of sp³-hybridized carbons (Fsp3) is 0.875. The van der Waals surface area contributed by atoms with Crippen LogP contribution in [0.4, 0.5) is 0 Å². The van der Waals surface area contributed by atoms with Gasteiger partial charge in [-0.1, -0.05) is 13.1 Å². The van der Waals surface area contributed by atoms with Gasteiger partial charge in [0.1, 0.15) is 5.78 Å². The topological polar surface area (TPSA) is 20.3 Å². The molecule has 0 bridgehead atoms. The highest BCUT2D eigenvalue weighted by Gasteiger charge is 2.38. The molecule has 0 aromatic heterocycles. The monoisotopic (exact) mass is 171 g/mol. The minimum absolute atomic E-state index is 0.233. The summed E-state index contributed by atoms with van der Waals surface area (Å²) >= 11 is 0. The molecular formula is C8H17NOSi. The molecule has 0 aliphatic carbocycles. The number of hydrogen-bond donors (Lipinski definition) is 0. The van der Waals surface area contributed by atoms with E-state index in [9.17, 15) is 4.79 Å². The van der Waals surface area contributed by atoms with Gasteiger partial charge in [0.25, 0.3) is 0 Å². The van der Waals surface area contributed by atoms with Crippen molar-refractivity contribution < 1.29 is 4.79 Å². The Morgan fingerprint density at radius 3 is 2.27 bits per heavy atom. The van der Waals surface area contributed by atoms with E-state index in [1.165, 1.54) is 6.17 Å². The SMILES string of the molecule is CC(=O)[C@@H]1C[Si](C)(C)CN1C. The van der Waals surface area contributed by atoms with Crippen LogP contribution in [0.5, 0.6) is 0 Å². The third kappa shape index (κ3) is 1.90. The van der Waals surface area contributed by atoms with Crippen LogP contribution in [0.15, 0.2) is 0 Å². The number of hydrogen-bond acceptors (Lipinski definition) is 2. The number of ketones is 1. The molecule has 0 radical (unpaired) electrons. The van der Waals surface area contributed by atoms with Crippen LogP contribution in [0.25, 0.3) is 0 Å². The summed E-state index contributed by atoms with van der Waals surface area (Å²) in [5.41, 5.74) is 0. The summed E-state index contributed by atoms with van der Waals surface area (Å²) in [6.45, 7) is 6.41. The van der Waals surface area contributed by atoms with Gasteiger partial charge in [-0.15, -0.1) is 0 Å². The molecule has 0 spiro atoms. The largest absolute Gasteiger partial charge is 0.300 e. The second-order valence-electron chi connectivity index (χ2n) is 4.41. The zero-order valence-electron chi connectivity index (χ0n) is 7.85. The Hall–Kier alpha value is -0.153. The van der Waals surface area contributed by atoms with Crippen molar-refractivity contribution >= 4 is 13.9 Å². The van der Waals surface area contributed by atoms with Crippen LogP contribution < -0.4 is 0 Å². The molecule has 1 aliphatic heterocycles. The Kier molecular flexibility index (Phi) is 2.21. The van der Waals surface area contributed by atoms with Crippen LogP contribution in [-0.4, -0.2) is 38.0 Å². The molecule has 0 aromatic carbocycles. The Bertz CT molecular complexity index is 179. The summed E-state index contributed by atoms with van der Waals surface area (Å²) in [6, 6.07) is 1.38. The predicted octanol–water partition coefficient (Wildman–Crippen LogP) is 1.14. The number of carbonyl (C=O) groups excluding carboxylic acids is 1. The van der Waals surface area contributed by atoms with Gasteiger partial charge >= 0.3 is 0 Å². The number of likely N-dealkylation sites (N-methyl/N-ethyl adjacent to an activating group) is 1. The van der Waals surface area contributed by atoms with E-state index in [0.717, 1.165) is 6.04 Å². The van der Waals surface area contributed by atoms with Gasteiger partial charge in [-0.2, -0.15) is 0 Å². The van der Waals surface area contributed by atoms with E-state index in [1.807, 2.05) is 0 Å². The first-order valence-corrected chi connectivity index (χ1v) is 7.54. The lowest BCUT2D eigenvalue weighted by Crippen LogP contribution is -2.31. The molecule has 2 nitrogen and oxygen atoms in total. The van der Waals surface area contributed by atoms with Crippen LogP contribution in [0.2, 0.25) is 19.1 Å². The first-order chi connectivity index (χ1) is 4.92. The van der Waals surface area contributed by atoms with Crippen molar-refractivity contribution in [2.24, 2.45) is 0 Å². The lowest BCUT2D eigenvalue weighted by atomic mass is 10.2. The minimum atomic E-state index is -1.02. The summed E-state index contributed by atoms with van der Waals surface area (Å²) in [6.07, 6.45) is 1.18. The molecular weight excluding hydrogens is 154 g/mol. The van der Waals surface area contributed by atoms with Crippen molar-refractivity contribution in [2.75, 3.05) is 13.2 Å². The Balaban J connectivity index is 2.66. The number of Topliss-reactive ketones (excluding diaryl/α,β-unsaturated/α-hetero) is 1. The third-order valence-corrected chi connectivity index (χ3v) is 5.27. The molecule has 0 aromatic rings. The first kappa shape index (κ1) is 8.94. The fourth-order valence-electron chi connectivity index (χ4n) is 1.98. The van der Waals surface area contributed by atoms with E-state index in [2.05, 4.69) is 25.0 Å². The quantitative estimate of drug-likeness (QED) is 0.551. The third-order valence-electron chi connectivity index (χ3n) is 2.42. The number of rotatable bonds is 1. The molecule has 64 valence electrons. The van der Waals surface area contributed by atoms with Crippen LogP contribution in [0.1, 0.15) is 6.92 Å². The molecule has 1 aliphatic rings. The molecule has 3 heteroatoms. The summed E-state index contributed by atoms with van der Waals surface area (Å²) in [5.74, 6) is 0.338. The number of nitrogens with zero attached hydrogens (tertiary/aromatic N) is 1. The Morgan fingerprint density at radius 2 is 2.09 bits per heavy atom. The van der Waals surface area contributed by atoms with Crippen molar-refractivity contribution in [1.29, 1.82) is 0 Å². The van der Waals surface area contributed by atoms with E-state index in [1.54, 1.807) is 6.92 Å². The van der Waals surface area contributed by atoms with E-state index < -0.39 is 8.07 Å². The highest BCUT2D eigenvalue weighted by atomic mass is 28.3. The lowest BCUT2D eigenvalue weighted by Gasteiger charge is -2.15. The molecule has 1 saturated heterocycles. The van der Waals surface area contributed by atoms with Crippen LogP contribution >= 0.6 is 0 Å². The average Bonchev–Trinajstić information content (AvgIpc) is 2.05. The molecule has 1 fully saturated rings. The van der Waals surface area contributed by atoms with E-state index in [-0.39, 0.29) is 6.04 Å². The Labute approximate surface area is 69.6 Å². The molecule has 1 atom stereocenters. The van der Waals surface area contributed by atoms with Gasteiger partial charge < -0.3 is 0 Å². The zero-order chi connectivity index (χ0) is 8.65. The summed E-state index contributed by atoms with van der Waals surface area (Å²) in [4.78, 5) is 13.3. The zero-order valence-corrected chi connectivity index (χ0v) is 8.85. The lowest BCUT2D eigenvalue weighted by molar-refractivity contribution is -0.120. The van der Waals surface area contributed by atoms with Crippen molar-refractivity contribution in [3.05, 3.63) is 0 Å². The van der Waals surface area contributed by atoms with Gasteiger partial charge in [-0.3, -0.25) is 9.69 Å². The molecule has 1 heterocycles. The van der Waals surface area contributed by atoms with Crippen LogP contribution in [0.3, 0.4) is 0 Å². The Morgan fingerprint density at radius 1 is 1.55 bits per heavy atom. The first-order valence-electron chi connectivity index (χ1n) is 4.13. The smallest absolute Gasteiger partial charge is 0.146 e. The predicted molar refractivity (Wildman–Crippen MR) is 49.4 cm³/mol. The second-order valence-corrected chi connectivity index (χ2v) is 9.46. The average molecular weight is 171 g/mol. The highest BCUT2D eigenvalue weighted by Crippen LogP contribution is 2.25. The standard InChI is InChI=1S/C8H17NOSi/c1-7(10)8-5-11(3,4)6-9(8)2/h8H,5-6H2,1-4H3/t8-/m0/s1. The summed E-state index contributed by atoms with van der Waals surface area (Å²) < 4.78 is 0. The van der Waals surface area contributed by atoms with Gasteiger partial charge in [-0.05, 0) is 26.2 Å². The van der Waals surface area contributed by atoms with E-state index >= 15 is 0 Å². The summed E-state index contributed by atoms with van der Waals surface area (Å²) in [7, 11) is 1.04. The molecule has 0 N–H and O–H groups in total. The molecule has 11 heavy (non-hydrogen) atoms. The molecule has 1 rings (SSSR count). The molecule has 0 amide bonds. The normalized spacial score (nSPS) is 30.7. The van der Waals surface area contributed by atoms with Crippen molar-refractivity contribution in [1.82, 2.24) is 4.90 Å². The van der Waals surface area contributed by atoms with E-state index in [0.29, 0.717) is 5.78 Å². The number of carbonyl (C=O) groups is 1. The van der Waals surface area contributed by atoms with Crippen molar-refractivity contribution in [3.63, 3.8) is 0 Å². The summed E-state index contributed by atoms with van der Waals surface area (Å²) in [5, 5.41) is 0. The molecule has 0 unspecified atom stereocenters. The maximum absolute atomic E-state index is 11.1. The van der Waals surface area contributed by atoms with Gasteiger partial charge in [0.15, 0.2) is 0 Å². The maximum Gasteiger partial charge on any atom is 0.146 e. The highest BCUT2D eigenvalue weighted by molar-refractivity contribution is 6.78.